The Morgan fingerprint density at radius 1 is 1.21 bits per heavy atom. The van der Waals surface area contributed by atoms with Crippen molar-refractivity contribution in [1.82, 2.24) is 10.2 Å². The zero-order chi connectivity index (χ0) is 21.0. The maximum atomic E-state index is 13.0. The molecule has 1 aromatic carbocycles. The van der Waals surface area contributed by atoms with Crippen LogP contribution in [0.1, 0.15) is 46.1 Å². The number of amides is 2. The lowest BCUT2D eigenvalue weighted by molar-refractivity contribution is -0.134. The third-order valence-corrected chi connectivity index (χ3v) is 6.83. The van der Waals surface area contributed by atoms with E-state index in [1.807, 2.05) is 11.8 Å². The first-order chi connectivity index (χ1) is 13.8. The molecular formula is C21H26N2O4S2. The van der Waals surface area contributed by atoms with Crippen LogP contribution in [0.3, 0.4) is 0 Å². The van der Waals surface area contributed by atoms with Crippen molar-refractivity contribution in [2.75, 3.05) is 12.8 Å². The molecule has 0 saturated heterocycles. The molecule has 1 aliphatic heterocycles. The van der Waals surface area contributed by atoms with Crippen LogP contribution in [-0.2, 0) is 33.4 Å². The van der Waals surface area contributed by atoms with Crippen LogP contribution in [0, 0.1) is 0 Å². The molecule has 1 atom stereocenters. The molecule has 0 bridgehead atoms. The molecule has 0 fully saturated rings. The van der Waals surface area contributed by atoms with Crippen LogP contribution in [0.2, 0.25) is 0 Å². The molecule has 0 spiro atoms. The summed E-state index contributed by atoms with van der Waals surface area (Å²) in [7, 11) is -3.13. The van der Waals surface area contributed by atoms with Crippen molar-refractivity contribution in [2.24, 2.45) is 0 Å². The predicted octanol–water partition coefficient (Wildman–Crippen LogP) is 2.78. The van der Waals surface area contributed by atoms with Crippen molar-refractivity contribution in [3.8, 4) is 0 Å². The van der Waals surface area contributed by atoms with E-state index in [1.165, 1.54) is 16.7 Å². The van der Waals surface area contributed by atoms with Crippen molar-refractivity contribution in [2.45, 2.75) is 44.5 Å². The summed E-state index contributed by atoms with van der Waals surface area (Å²) in [5.74, 6) is -0.438. The number of fused-ring (bicyclic) bond motifs is 1. The van der Waals surface area contributed by atoms with Crippen molar-refractivity contribution in [1.29, 1.82) is 0 Å². The van der Waals surface area contributed by atoms with E-state index < -0.39 is 15.9 Å². The van der Waals surface area contributed by atoms with Gasteiger partial charge in [-0.3, -0.25) is 9.59 Å². The number of hydrogen-bond acceptors (Lipinski definition) is 5. The molecule has 29 heavy (non-hydrogen) atoms. The first-order valence-corrected chi connectivity index (χ1v) is 12.6. The van der Waals surface area contributed by atoms with E-state index in [4.69, 9.17) is 0 Å². The third-order valence-electron chi connectivity index (χ3n) is 4.95. The van der Waals surface area contributed by atoms with Gasteiger partial charge in [0.1, 0.15) is 6.04 Å². The zero-order valence-corrected chi connectivity index (χ0v) is 18.3. The van der Waals surface area contributed by atoms with Crippen LogP contribution in [0.4, 0.5) is 0 Å². The molecule has 1 aliphatic rings. The average molecular weight is 435 g/mol. The zero-order valence-electron chi connectivity index (χ0n) is 16.7. The van der Waals surface area contributed by atoms with Gasteiger partial charge in [-0.05, 0) is 47.5 Å². The molecule has 1 aromatic heterocycles. The maximum Gasteiger partial charge on any atom is 0.251 e. The topological polar surface area (TPSA) is 83.5 Å². The number of rotatable bonds is 7. The molecule has 1 N–H and O–H groups in total. The molecule has 3 rings (SSSR count). The lowest BCUT2D eigenvalue weighted by Crippen LogP contribution is -2.49. The van der Waals surface area contributed by atoms with Gasteiger partial charge in [-0.2, -0.15) is 0 Å². The fourth-order valence-electron chi connectivity index (χ4n) is 3.50. The number of carbonyl (C=O) groups is 2. The summed E-state index contributed by atoms with van der Waals surface area (Å²) in [5.41, 5.74) is 2.23. The summed E-state index contributed by atoms with van der Waals surface area (Å²) in [5, 5.41) is 4.92. The van der Waals surface area contributed by atoms with E-state index in [2.05, 4.69) is 16.8 Å². The van der Waals surface area contributed by atoms with Gasteiger partial charge in [0.15, 0.2) is 9.84 Å². The van der Waals surface area contributed by atoms with Gasteiger partial charge in [0, 0.05) is 29.8 Å². The Morgan fingerprint density at radius 3 is 2.59 bits per heavy atom. The number of benzene rings is 1. The highest BCUT2D eigenvalue weighted by molar-refractivity contribution is 7.89. The molecule has 1 unspecified atom stereocenters. The molecule has 2 amide bonds. The Morgan fingerprint density at radius 2 is 1.93 bits per heavy atom. The van der Waals surface area contributed by atoms with Crippen molar-refractivity contribution < 1.29 is 18.0 Å². The van der Waals surface area contributed by atoms with Crippen molar-refractivity contribution >= 4 is 33.0 Å². The monoisotopic (exact) mass is 434 g/mol. The van der Waals surface area contributed by atoms with Gasteiger partial charge in [0.05, 0.1) is 5.75 Å². The molecule has 156 valence electrons. The van der Waals surface area contributed by atoms with E-state index in [-0.39, 0.29) is 17.6 Å². The average Bonchev–Trinajstić information content (AvgIpc) is 3.14. The Bertz CT molecular complexity index is 980. The lowest BCUT2D eigenvalue weighted by atomic mass is 10.1. The highest BCUT2D eigenvalue weighted by Gasteiger charge is 2.28. The van der Waals surface area contributed by atoms with Crippen LogP contribution in [0.15, 0.2) is 35.7 Å². The van der Waals surface area contributed by atoms with Gasteiger partial charge >= 0.3 is 0 Å². The number of hydrogen-bond donors (Lipinski definition) is 1. The summed E-state index contributed by atoms with van der Waals surface area (Å²) in [4.78, 5) is 28.9. The fraction of sp³-hybridized carbons (Fsp3) is 0.429. The highest BCUT2D eigenvalue weighted by Crippen LogP contribution is 2.24. The van der Waals surface area contributed by atoms with Crippen LogP contribution >= 0.6 is 11.3 Å². The second-order valence-corrected chi connectivity index (χ2v) is 10.6. The summed E-state index contributed by atoms with van der Waals surface area (Å²) < 4.78 is 22.8. The van der Waals surface area contributed by atoms with Crippen molar-refractivity contribution in [3.63, 3.8) is 0 Å². The highest BCUT2D eigenvalue weighted by atomic mass is 32.2. The van der Waals surface area contributed by atoms with Gasteiger partial charge in [0.25, 0.3) is 5.91 Å². The molecular weight excluding hydrogens is 408 g/mol. The van der Waals surface area contributed by atoms with Crippen molar-refractivity contribution in [3.05, 3.63) is 57.3 Å². The van der Waals surface area contributed by atoms with Gasteiger partial charge in [-0.1, -0.05) is 25.5 Å². The van der Waals surface area contributed by atoms with Crippen LogP contribution in [0.5, 0.6) is 0 Å². The summed E-state index contributed by atoms with van der Waals surface area (Å²) in [6.07, 6.45) is 3.38. The molecule has 6 nitrogen and oxygen atoms in total. The minimum Gasteiger partial charge on any atom is -0.340 e. The Hall–Kier alpha value is -2.19. The molecule has 0 saturated carbocycles. The van der Waals surface area contributed by atoms with Gasteiger partial charge in [-0.15, -0.1) is 11.3 Å². The van der Waals surface area contributed by atoms with Gasteiger partial charge in [0.2, 0.25) is 5.91 Å². The Balaban J connectivity index is 1.66. The second-order valence-electron chi connectivity index (χ2n) is 7.46. The van der Waals surface area contributed by atoms with E-state index >= 15 is 0 Å². The largest absolute Gasteiger partial charge is 0.340 e. The van der Waals surface area contributed by atoms with E-state index in [0.717, 1.165) is 12.8 Å². The molecule has 0 aliphatic carbocycles. The van der Waals surface area contributed by atoms with Gasteiger partial charge < -0.3 is 10.2 Å². The first-order valence-electron chi connectivity index (χ1n) is 9.68. The Kier molecular flexibility index (Phi) is 6.74. The fourth-order valence-corrected chi connectivity index (χ4v) is 5.19. The summed E-state index contributed by atoms with van der Waals surface area (Å²) >= 11 is 1.72. The minimum absolute atomic E-state index is 0.0502. The number of carbonyl (C=O) groups excluding carboxylic acids is 2. The van der Waals surface area contributed by atoms with E-state index in [9.17, 15) is 18.0 Å². The molecule has 2 aromatic rings. The third kappa shape index (κ3) is 5.67. The minimum atomic E-state index is -3.13. The summed E-state index contributed by atoms with van der Waals surface area (Å²) in [6, 6.07) is 7.96. The van der Waals surface area contributed by atoms with Crippen LogP contribution in [0.25, 0.3) is 0 Å². The van der Waals surface area contributed by atoms with Crippen LogP contribution < -0.4 is 5.32 Å². The lowest BCUT2D eigenvalue weighted by Gasteiger charge is -2.31. The summed E-state index contributed by atoms with van der Waals surface area (Å²) in [6.45, 7) is 3.25. The maximum absolute atomic E-state index is 13.0. The predicted molar refractivity (Wildman–Crippen MR) is 115 cm³/mol. The normalized spacial score (nSPS) is 14.9. The van der Waals surface area contributed by atoms with Crippen LogP contribution in [-0.4, -0.2) is 44.0 Å². The number of thiophene rings is 1. The second kappa shape index (κ2) is 9.09. The molecule has 8 heteroatoms. The van der Waals surface area contributed by atoms with Gasteiger partial charge in [-0.25, -0.2) is 8.42 Å². The number of nitrogens with one attached hydrogen (secondary N) is 1. The number of nitrogens with zero attached hydrogens (tertiary/aromatic N) is 1. The van der Waals surface area contributed by atoms with E-state index in [1.54, 1.807) is 35.6 Å². The SMILES string of the molecule is CCCC(NC(=O)c1ccc(CS(C)(=O)=O)cc1)C(=O)N1CCc2sccc2C1. The first kappa shape index (κ1) is 21.5. The van der Waals surface area contributed by atoms with E-state index in [0.29, 0.717) is 30.6 Å². The standard InChI is InChI=1S/C21H26N2O4S2/c1-3-4-18(21(25)23-11-9-19-17(13-23)10-12-28-19)22-20(24)16-7-5-15(6-8-16)14-29(2,26)27/h5-8,10,12,18H,3-4,9,11,13-14H2,1-2H3,(H,22,24). The smallest absolute Gasteiger partial charge is 0.251 e. The quantitative estimate of drug-likeness (QED) is 0.726. The number of sulfone groups is 1. The molecule has 2 heterocycles. The Labute approximate surface area is 175 Å². The molecule has 0 radical (unpaired) electrons.